The number of carbonyl (C=O) groups is 1. The van der Waals surface area contributed by atoms with Gasteiger partial charge < -0.3 is 20.4 Å². The van der Waals surface area contributed by atoms with Crippen LogP contribution < -0.4 is 16.2 Å². The van der Waals surface area contributed by atoms with Crippen LogP contribution in [0.3, 0.4) is 0 Å². The van der Waals surface area contributed by atoms with Crippen molar-refractivity contribution in [2.75, 3.05) is 6.54 Å². The van der Waals surface area contributed by atoms with E-state index in [0.29, 0.717) is 12.8 Å². The third-order valence-corrected chi connectivity index (χ3v) is 8.15. The summed E-state index contributed by atoms with van der Waals surface area (Å²) >= 11 is 0. The molecule has 0 bridgehead atoms. The van der Waals surface area contributed by atoms with E-state index in [1.54, 1.807) is 0 Å². The van der Waals surface area contributed by atoms with Crippen LogP contribution >= 0.6 is 0 Å². The lowest BCUT2D eigenvalue weighted by Gasteiger charge is -2.39. The van der Waals surface area contributed by atoms with Gasteiger partial charge in [0.05, 0.1) is 18.8 Å². The summed E-state index contributed by atoms with van der Waals surface area (Å²) < 4.78 is 43.1. The summed E-state index contributed by atoms with van der Waals surface area (Å²) in [5.74, 6) is -1.20. The van der Waals surface area contributed by atoms with Crippen LogP contribution in [0.5, 0.6) is 0 Å². The Morgan fingerprint density at radius 2 is 1.81 bits per heavy atom. The van der Waals surface area contributed by atoms with E-state index in [2.05, 4.69) is 16.2 Å². The van der Waals surface area contributed by atoms with Crippen molar-refractivity contribution in [1.29, 1.82) is 0 Å². The summed E-state index contributed by atoms with van der Waals surface area (Å²) in [5.41, 5.74) is 6.13. The number of halogens is 3. The van der Waals surface area contributed by atoms with Crippen LogP contribution in [0.15, 0.2) is 0 Å². The van der Waals surface area contributed by atoms with E-state index in [1.165, 1.54) is 4.90 Å². The molecule has 0 spiro atoms. The van der Waals surface area contributed by atoms with Crippen LogP contribution in [0.25, 0.3) is 0 Å². The second-order valence-corrected chi connectivity index (χ2v) is 10.3. The Balaban J connectivity index is 1.47. The van der Waals surface area contributed by atoms with E-state index in [1.807, 2.05) is 13.8 Å². The van der Waals surface area contributed by atoms with E-state index >= 15 is 0 Å². The van der Waals surface area contributed by atoms with Crippen LogP contribution in [-0.2, 0) is 4.79 Å². The minimum Gasteiger partial charge on any atom is -0.390 e. The number of amides is 1. The molecule has 0 aromatic rings. The van der Waals surface area contributed by atoms with Gasteiger partial charge in [0, 0.05) is 42.4 Å². The molecule has 4 aliphatic rings. The second kappa shape index (κ2) is 9.74. The summed E-state index contributed by atoms with van der Waals surface area (Å²) in [6.07, 6.45) is -3.70. The van der Waals surface area contributed by atoms with Crippen LogP contribution in [0, 0.1) is 11.8 Å². The standard InChI is InChI=1S/C22H37F3N4O3/c1-10(26-16-5-6-18(30)21(16)31)19-11(2)27-28-20(19)22(32)29-9-13(24)8-17(29)14-7-12(23)3-4-15(14)25/h10-21,26-28,30-31H,3-9H2,1-2H3/t10?,11?,12?,13-,14?,15?,16+,17+,18+,19?,20?,21-/m0/s1. The SMILES string of the molecule is CC1NNC(C(=O)N2C[C@@H](F)C[C@@H]2C2CC(F)CCC2F)C1C(C)N[C@@H]1CC[C@@H](O)[C@H]1O. The fourth-order valence-corrected chi connectivity index (χ4v) is 6.40. The van der Waals surface area contributed by atoms with Gasteiger partial charge in [-0.25, -0.2) is 18.6 Å². The molecule has 7 nitrogen and oxygen atoms in total. The molecule has 2 saturated heterocycles. The number of hydrogen-bond donors (Lipinski definition) is 5. The van der Waals surface area contributed by atoms with Crippen molar-refractivity contribution in [1.82, 2.24) is 21.1 Å². The Labute approximate surface area is 187 Å². The van der Waals surface area contributed by atoms with Gasteiger partial charge >= 0.3 is 0 Å². The van der Waals surface area contributed by atoms with Crippen LogP contribution in [0.2, 0.25) is 0 Å². The molecule has 1 amide bonds. The molecule has 2 aliphatic carbocycles. The summed E-state index contributed by atoms with van der Waals surface area (Å²) in [6, 6.07) is -1.84. The Morgan fingerprint density at radius 3 is 2.50 bits per heavy atom. The fraction of sp³-hybridized carbons (Fsp3) is 0.955. The number of aliphatic hydroxyl groups is 2. The minimum atomic E-state index is -1.24. The summed E-state index contributed by atoms with van der Waals surface area (Å²) in [7, 11) is 0. The first kappa shape index (κ1) is 24.2. The first-order valence-electron chi connectivity index (χ1n) is 12.0. The maximum absolute atomic E-state index is 14.7. The monoisotopic (exact) mass is 462 g/mol. The number of rotatable bonds is 5. The van der Waals surface area contributed by atoms with Gasteiger partial charge in [-0.05, 0) is 46.0 Å². The highest BCUT2D eigenvalue weighted by atomic mass is 19.1. The zero-order valence-electron chi connectivity index (χ0n) is 18.8. The number of carbonyl (C=O) groups excluding carboxylic acids is 1. The highest BCUT2D eigenvalue weighted by Gasteiger charge is 2.50. The van der Waals surface area contributed by atoms with E-state index in [-0.39, 0.29) is 62.2 Å². The van der Waals surface area contributed by atoms with Gasteiger partial charge in [-0.15, -0.1) is 0 Å². The first-order valence-corrected chi connectivity index (χ1v) is 12.0. The van der Waals surface area contributed by atoms with E-state index in [9.17, 15) is 28.2 Å². The predicted molar refractivity (Wildman–Crippen MR) is 113 cm³/mol. The molecule has 4 fully saturated rings. The van der Waals surface area contributed by atoms with E-state index < -0.39 is 48.7 Å². The molecule has 10 heteroatoms. The fourth-order valence-electron chi connectivity index (χ4n) is 6.40. The predicted octanol–water partition coefficient (Wildman–Crippen LogP) is 0.745. The average molecular weight is 463 g/mol. The van der Waals surface area contributed by atoms with Crippen LogP contribution in [-0.4, -0.2) is 88.5 Å². The highest BCUT2D eigenvalue weighted by Crippen LogP contribution is 2.39. The quantitative estimate of drug-likeness (QED) is 0.414. The number of likely N-dealkylation sites (tertiary alicyclic amines) is 1. The Hall–Kier alpha value is -0.940. The van der Waals surface area contributed by atoms with Crippen LogP contribution in [0.1, 0.15) is 52.4 Å². The normalized spacial score (nSPS) is 48.3. The van der Waals surface area contributed by atoms with Gasteiger partial charge in [0.2, 0.25) is 5.91 Å². The van der Waals surface area contributed by atoms with E-state index in [4.69, 9.17) is 0 Å². The molecule has 2 aliphatic heterocycles. The largest absolute Gasteiger partial charge is 0.390 e. The molecule has 2 heterocycles. The van der Waals surface area contributed by atoms with Gasteiger partial charge in [0.15, 0.2) is 0 Å². The Morgan fingerprint density at radius 1 is 1.06 bits per heavy atom. The van der Waals surface area contributed by atoms with Gasteiger partial charge in [-0.2, -0.15) is 0 Å². The maximum atomic E-state index is 14.7. The molecule has 4 rings (SSSR count). The molecular formula is C22H37F3N4O3. The van der Waals surface area contributed by atoms with Gasteiger partial charge in [0.25, 0.3) is 0 Å². The van der Waals surface area contributed by atoms with Crippen molar-refractivity contribution in [3.8, 4) is 0 Å². The number of hydrogen-bond acceptors (Lipinski definition) is 6. The van der Waals surface area contributed by atoms with Crippen molar-refractivity contribution >= 4 is 5.91 Å². The van der Waals surface area contributed by atoms with Crippen molar-refractivity contribution in [3.63, 3.8) is 0 Å². The molecule has 7 unspecified atom stereocenters. The lowest BCUT2D eigenvalue weighted by molar-refractivity contribution is -0.137. The molecule has 2 saturated carbocycles. The number of nitrogens with zero attached hydrogens (tertiary/aromatic N) is 1. The maximum Gasteiger partial charge on any atom is 0.241 e. The highest BCUT2D eigenvalue weighted by molar-refractivity contribution is 5.83. The van der Waals surface area contributed by atoms with Crippen LogP contribution in [0.4, 0.5) is 13.2 Å². The van der Waals surface area contributed by atoms with Gasteiger partial charge in [-0.3, -0.25) is 10.2 Å². The third kappa shape index (κ3) is 4.66. The number of alkyl halides is 3. The summed E-state index contributed by atoms with van der Waals surface area (Å²) in [5, 5.41) is 23.4. The minimum absolute atomic E-state index is 0.0262. The number of nitrogens with one attached hydrogen (secondary N) is 3. The summed E-state index contributed by atoms with van der Waals surface area (Å²) in [4.78, 5) is 15.0. The summed E-state index contributed by atoms with van der Waals surface area (Å²) in [6.45, 7) is 3.77. The zero-order chi connectivity index (χ0) is 23.2. The van der Waals surface area contributed by atoms with Crippen molar-refractivity contribution in [3.05, 3.63) is 0 Å². The smallest absolute Gasteiger partial charge is 0.241 e. The molecule has 32 heavy (non-hydrogen) atoms. The molecular weight excluding hydrogens is 425 g/mol. The molecule has 184 valence electrons. The molecule has 0 radical (unpaired) electrons. The molecule has 12 atom stereocenters. The topological polar surface area (TPSA) is 96.9 Å². The van der Waals surface area contributed by atoms with Gasteiger partial charge in [-0.1, -0.05) is 0 Å². The van der Waals surface area contributed by atoms with Crippen molar-refractivity contribution in [2.45, 2.75) is 113 Å². The number of hydrazine groups is 1. The van der Waals surface area contributed by atoms with Crippen molar-refractivity contribution < 1.29 is 28.2 Å². The average Bonchev–Trinajstić information content (AvgIpc) is 3.42. The van der Waals surface area contributed by atoms with E-state index in [0.717, 1.165) is 0 Å². The molecule has 0 aromatic heterocycles. The lowest BCUT2D eigenvalue weighted by Crippen LogP contribution is -2.56. The molecule has 0 aromatic carbocycles. The second-order valence-electron chi connectivity index (χ2n) is 10.3. The third-order valence-electron chi connectivity index (χ3n) is 8.15. The number of aliphatic hydroxyl groups excluding tert-OH is 2. The van der Waals surface area contributed by atoms with Crippen molar-refractivity contribution in [2.24, 2.45) is 11.8 Å². The lowest BCUT2D eigenvalue weighted by atomic mass is 9.80. The zero-order valence-corrected chi connectivity index (χ0v) is 18.8. The van der Waals surface area contributed by atoms with Gasteiger partial charge in [0.1, 0.15) is 24.6 Å². The Kier molecular flexibility index (Phi) is 7.36. The molecule has 5 N–H and O–H groups in total. The first-order chi connectivity index (χ1) is 15.2. The Bertz CT molecular complexity index is 676.